The quantitative estimate of drug-likeness (QED) is 0.663. The van der Waals surface area contributed by atoms with Gasteiger partial charge in [0.1, 0.15) is 5.75 Å². The van der Waals surface area contributed by atoms with Crippen LogP contribution in [0.3, 0.4) is 0 Å². The Labute approximate surface area is 136 Å². The maximum Gasteiger partial charge on any atom is 0.248 e. The van der Waals surface area contributed by atoms with Crippen molar-refractivity contribution in [2.75, 3.05) is 12.4 Å². The van der Waals surface area contributed by atoms with Crippen molar-refractivity contribution in [1.82, 2.24) is 5.32 Å². The molecule has 0 radical (unpaired) electrons. The van der Waals surface area contributed by atoms with Crippen LogP contribution in [-0.2, 0) is 9.59 Å². The van der Waals surface area contributed by atoms with Crippen molar-refractivity contribution in [1.29, 1.82) is 0 Å². The van der Waals surface area contributed by atoms with Crippen molar-refractivity contribution in [3.05, 3.63) is 36.4 Å². The average molecular weight is 317 g/mol. The van der Waals surface area contributed by atoms with Crippen LogP contribution in [0.4, 0.5) is 5.69 Å². The Morgan fingerprint density at radius 1 is 1.30 bits per heavy atom. The lowest BCUT2D eigenvalue weighted by molar-refractivity contribution is -0.122. The molecule has 2 amide bonds. The summed E-state index contributed by atoms with van der Waals surface area (Å²) >= 11 is 0. The topological polar surface area (TPSA) is 93.5 Å². The largest absolute Gasteiger partial charge is 0.497 e. The van der Waals surface area contributed by atoms with Gasteiger partial charge in [-0.2, -0.15) is 0 Å². The van der Waals surface area contributed by atoms with Gasteiger partial charge in [0.05, 0.1) is 19.2 Å². The van der Waals surface area contributed by atoms with Crippen LogP contribution >= 0.6 is 0 Å². The summed E-state index contributed by atoms with van der Waals surface area (Å²) in [5.41, 5.74) is 6.24. The second-order valence-electron chi connectivity index (χ2n) is 5.74. The minimum absolute atomic E-state index is 0.143. The fraction of sp³-hybridized carbons (Fsp3) is 0.412. The first-order valence-electron chi connectivity index (χ1n) is 7.69. The summed E-state index contributed by atoms with van der Waals surface area (Å²) in [4.78, 5) is 23.7. The van der Waals surface area contributed by atoms with Gasteiger partial charge in [-0.05, 0) is 49.9 Å². The first-order valence-corrected chi connectivity index (χ1v) is 7.69. The van der Waals surface area contributed by atoms with E-state index in [1.807, 2.05) is 0 Å². The molecule has 1 aromatic rings. The van der Waals surface area contributed by atoms with Crippen LogP contribution in [0.1, 0.15) is 19.8 Å². The monoisotopic (exact) mass is 317 g/mol. The minimum atomic E-state index is -0.558. The Bertz CT molecular complexity index is 577. The summed E-state index contributed by atoms with van der Waals surface area (Å²) in [6.45, 7) is 1.64. The number of anilines is 1. The molecule has 1 fully saturated rings. The molecule has 6 heteroatoms. The summed E-state index contributed by atoms with van der Waals surface area (Å²) < 4.78 is 5.07. The normalized spacial score (nSPS) is 16.7. The summed E-state index contributed by atoms with van der Waals surface area (Å²) in [7, 11) is 1.59. The Hall–Kier alpha value is -2.34. The molecular formula is C17H23N3O3. The number of amides is 2. The highest BCUT2D eigenvalue weighted by Gasteiger charge is 2.31. The van der Waals surface area contributed by atoms with Gasteiger partial charge in [-0.3, -0.25) is 9.59 Å². The van der Waals surface area contributed by atoms with Crippen LogP contribution in [0.5, 0.6) is 5.75 Å². The Morgan fingerprint density at radius 2 is 1.96 bits per heavy atom. The SMILES string of the molecule is COc1ccc(NC(=O)/C=C/[C@@H](NC(=O)[C@H](C)N)C2CC2)cc1. The standard InChI is InChI=1S/C17H23N3O3/c1-11(18)17(22)20-15(12-3-4-12)9-10-16(21)19-13-5-7-14(23-2)8-6-13/h5-12,15H,3-4,18H2,1-2H3,(H,19,21)(H,20,22)/b10-9+/t11-,15+/m0/s1. The summed E-state index contributed by atoms with van der Waals surface area (Å²) in [6, 6.07) is 6.37. The molecule has 1 aliphatic carbocycles. The van der Waals surface area contributed by atoms with Gasteiger partial charge in [0.2, 0.25) is 11.8 Å². The van der Waals surface area contributed by atoms with Crippen LogP contribution in [-0.4, -0.2) is 31.0 Å². The molecule has 124 valence electrons. The van der Waals surface area contributed by atoms with E-state index < -0.39 is 6.04 Å². The van der Waals surface area contributed by atoms with Crippen LogP contribution in [0.2, 0.25) is 0 Å². The molecule has 2 atom stereocenters. The fourth-order valence-electron chi connectivity index (χ4n) is 2.12. The number of ether oxygens (including phenoxy) is 1. The molecule has 6 nitrogen and oxygen atoms in total. The van der Waals surface area contributed by atoms with Gasteiger partial charge in [0, 0.05) is 11.8 Å². The number of benzene rings is 1. The van der Waals surface area contributed by atoms with Crippen molar-refractivity contribution in [2.45, 2.75) is 31.8 Å². The maximum atomic E-state index is 12.0. The summed E-state index contributed by atoms with van der Waals surface area (Å²) in [5.74, 6) is 0.673. The maximum absolute atomic E-state index is 12.0. The molecule has 0 aromatic heterocycles. The van der Waals surface area contributed by atoms with Crippen LogP contribution in [0.15, 0.2) is 36.4 Å². The van der Waals surface area contributed by atoms with Crippen molar-refractivity contribution >= 4 is 17.5 Å². The van der Waals surface area contributed by atoms with Crippen LogP contribution in [0, 0.1) is 5.92 Å². The van der Waals surface area contributed by atoms with Crippen LogP contribution < -0.4 is 21.1 Å². The zero-order valence-corrected chi connectivity index (χ0v) is 13.4. The lowest BCUT2D eigenvalue weighted by Crippen LogP contribution is -2.44. The highest BCUT2D eigenvalue weighted by Crippen LogP contribution is 2.33. The lowest BCUT2D eigenvalue weighted by Gasteiger charge is -2.15. The average Bonchev–Trinajstić information content (AvgIpc) is 3.36. The number of carbonyl (C=O) groups excluding carboxylic acids is 2. The lowest BCUT2D eigenvalue weighted by atomic mass is 10.1. The minimum Gasteiger partial charge on any atom is -0.497 e. The first-order chi connectivity index (χ1) is 11.0. The number of nitrogens with one attached hydrogen (secondary N) is 2. The molecule has 4 N–H and O–H groups in total. The molecule has 0 spiro atoms. The second-order valence-corrected chi connectivity index (χ2v) is 5.74. The Balaban J connectivity index is 1.90. The molecule has 0 aliphatic heterocycles. The van der Waals surface area contributed by atoms with Crippen molar-refractivity contribution in [2.24, 2.45) is 11.7 Å². The van der Waals surface area contributed by atoms with E-state index in [1.165, 1.54) is 6.08 Å². The van der Waals surface area contributed by atoms with E-state index >= 15 is 0 Å². The predicted octanol–water partition coefficient (Wildman–Crippen LogP) is 1.43. The van der Waals surface area contributed by atoms with Crippen LogP contribution in [0.25, 0.3) is 0 Å². The zero-order chi connectivity index (χ0) is 16.8. The molecule has 2 rings (SSSR count). The molecule has 1 aliphatic rings. The number of carbonyl (C=O) groups is 2. The second kappa shape index (κ2) is 7.78. The van der Waals surface area contributed by atoms with E-state index in [4.69, 9.17) is 10.5 Å². The van der Waals surface area contributed by atoms with E-state index in [2.05, 4.69) is 10.6 Å². The van der Waals surface area contributed by atoms with Gasteiger partial charge in [-0.15, -0.1) is 0 Å². The van der Waals surface area contributed by atoms with E-state index in [0.29, 0.717) is 11.6 Å². The molecule has 23 heavy (non-hydrogen) atoms. The third-order valence-electron chi connectivity index (χ3n) is 3.66. The fourth-order valence-corrected chi connectivity index (χ4v) is 2.12. The molecule has 0 heterocycles. The van der Waals surface area contributed by atoms with Gasteiger partial charge in [-0.1, -0.05) is 6.08 Å². The Morgan fingerprint density at radius 3 is 2.48 bits per heavy atom. The first kappa shape index (κ1) is 17.0. The molecule has 1 saturated carbocycles. The number of nitrogens with two attached hydrogens (primary N) is 1. The van der Waals surface area contributed by atoms with Crippen molar-refractivity contribution in [3.63, 3.8) is 0 Å². The number of hydrogen-bond donors (Lipinski definition) is 3. The summed E-state index contributed by atoms with van der Waals surface area (Å²) in [5, 5.41) is 5.63. The molecule has 0 unspecified atom stereocenters. The Kier molecular flexibility index (Phi) is 5.76. The third kappa shape index (κ3) is 5.41. The number of hydrogen-bond acceptors (Lipinski definition) is 4. The van der Waals surface area contributed by atoms with E-state index in [-0.39, 0.29) is 17.9 Å². The van der Waals surface area contributed by atoms with E-state index in [9.17, 15) is 9.59 Å². The number of rotatable bonds is 7. The van der Waals surface area contributed by atoms with Crippen molar-refractivity contribution < 1.29 is 14.3 Å². The van der Waals surface area contributed by atoms with Gasteiger partial charge in [-0.25, -0.2) is 0 Å². The molecule has 0 bridgehead atoms. The highest BCUT2D eigenvalue weighted by atomic mass is 16.5. The zero-order valence-electron chi connectivity index (χ0n) is 13.4. The molecular weight excluding hydrogens is 294 g/mol. The van der Waals surface area contributed by atoms with Crippen molar-refractivity contribution in [3.8, 4) is 5.75 Å². The number of methoxy groups -OCH3 is 1. The molecule has 1 aromatic carbocycles. The van der Waals surface area contributed by atoms with E-state index in [0.717, 1.165) is 18.6 Å². The molecule has 0 saturated heterocycles. The third-order valence-corrected chi connectivity index (χ3v) is 3.66. The highest BCUT2D eigenvalue weighted by molar-refractivity contribution is 5.99. The van der Waals surface area contributed by atoms with E-state index in [1.54, 1.807) is 44.4 Å². The van der Waals surface area contributed by atoms with Gasteiger partial charge >= 0.3 is 0 Å². The smallest absolute Gasteiger partial charge is 0.248 e. The van der Waals surface area contributed by atoms with Gasteiger partial charge < -0.3 is 21.1 Å². The van der Waals surface area contributed by atoms with Gasteiger partial charge in [0.15, 0.2) is 0 Å². The summed E-state index contributed by atoms with van der Waals surface area (Å²) in [6.07, 6.45) is 5.29. The van der Waals surface area contributed by atoms with Gasteiger partial charge in [0.25, 0.3) is 0 Å². The predicted molar refractivity (Wildman–Crippen MR) is 89.1 cm³/mol.